The van der Waals surface area contributed by atoms with Gasteiger partial charge < -0.3 is 9.53 Å². The van der Waals surface area contributed by atoms with E-state index in [2.05, 4.69) is 88.4 Å². The van der Waals surface area contributed by atoms with Crippen molar-refractivity contribution in [1.82, 2.24) is 0 Å². The molecule has 0 aromatic heterocycles. The molecule has 2 aromatic carbocycles. The number of aliphatic hydroxyl groups is 1. The number of hydrogen-bond donors (Lipinski definition) is 1. The zero-order valence-corrected chi connectivity index (χ0v) is 18.2. The lowest BCUT2D eigenvalue weighted by Gasteiger charge is -2.42. The molecule has 27 heavy (non-hydrogen) atoms. The number of benzene rings is 2. The molecule has 1 atom stereocenters. The van der Waals surface area contributed by atoms with E-state index in [9.17, 15) is 5.11 Å². The summed E-state index contributed by atoms with van der Waals surface area (Å²) in [5, 5.41) is 12.6. The SMILES string of the molecule is CCCC[C@@H](O)/C=C/CO[Si](c1ccccc1)(c1ccccc1)C(C)(C)C. The standard InChI is InChI=1S/C24H34O2Si/c1-5-6-14-21(25)15-13-20-26-27(24(2,3)4,22-16-9-7-10-17-22)23-18-11-8-12-19-23/h7-13,15-19,21,25H,5-6,14,20H2,1-4H3/b15-13+/t21-/m1/s1. The van der Waals surface area contributed by atoms with Crippen molar-refractivity contribution in [3.63, 3.8) is 0 Å². The van der Waals surface area contributed by atoms with E-state index in [1.54, 1.807) is 0 Å². The van der Waals surface area contributed by atoms with Crippen LogP contribution in [0.25, 0.3) is 0 Å². The monoisotopic (exact) mass is 382 g/mol. The molecular formula is C24H34O2Si. The first kappa shape index (κ1) is 21.6. The van der Waals surface area contributed by atoms with Gasteiger partial charge in [0.2, 0.25) is 0 Å². The van der Waals surface area contributed by atoms with Gasteiger partial charge in [-0.1, -0.05) is 113 Å². The summed E-state index contributed by atoms with van der Waals surface area (Å²) >= 11 is 0. The van der Waals surface area contributed by atoms with Gasteiger partial charge in [-0.25, -0.2) is 0 Å². The van der Waals surface area contributed by atoms with Gasteiger partial charge in [-0.15, -0.1) is 0 Å². The molecule has 2 nitrogen and oxygen atoms in total. The second-order valence-electron chi connectivity index (χ2n) is 8.11. The lowest BCUT2D eigenvalue weighted by Crippen LogP contribution is -2.66. The number of rotatable bonds is 9. The summed E-state index contributed by atoms with van der Waals surface area (Å²) in [6, 6.07) is 21.3. The second kappa shape index (κ2) is 10.0. The maximum atomic E-state index is 10.1. The first-order valence-corrected chi connectivity index (χ1v) is 11.9. The van der Waals surface area contributed by atoms with Crippen molar-refractivity contribution in [2.75, 3.05) is 6.61 Å². The summed E-state index contributed by atoms with van der Waals surface area (Å²) in [5.41, 5.74) is 0. The minimum Gasteiger partial charge on any atom is -0.404 e. The first-order chi connectivity index (χ1) is 12.9. The Bertz CT molecular complexity index is 650. The normalized spacial score (nSPS) is 13.8. The van der Waals surface area contributed by atoms with Crippen LogP contribution in [0, 0.1) is 0 Å². The largest absolute Gasteiger partial charge is 0.404 e. The summed E-state index contributed by atoms with van der Waals surface area (Å²) in [7, 11) is -2.48. The molecule has 0 bridgehead atoms. The zero-order chi connectivity index (χ0) is 19.8. The number of unbranched alkanes of at least 4 members (excludes halogenated alkanes) is 1. The Morgan fingerprint density at radius 2 is 1.48 bits per heavy atom. The van der Waals surface area contributed by atoms with Crippen LogP contribution < -0.4 is 10.4 Å². The number of hydrogen-bond acceptors (Lipinski definition) is 2. The van der Waals surface area contributed by atoms with Gasteiger partial charge in [-0.2, -0.15) is 0 Å². The van der Waals surface area contributed by atoms with Crippen LogP contribution in [0.1, 0.15) is 47.0 Å². The van der Waals surface area contributed by atoms with Crippen LogP contribution in [-0.2, 0) is 4.43 Å². The molecule has 2 rings (SSSR count). The van der Waals surface area contributed by atoms with Crippen molar-refractivity contribution >= 4 is 18.7 Å². The Morgan fingerprint density at radius 1 is 0.963 bits per heavy atom. The Morgan fingerprint density at radius 3 is 1.93 bits per heavy atom. The van der Waals surface area contributed by atoms with E-state index in [0.29, 0.717) is 6.61 Å². The third-order valence-corrected chi connectivity index (χ3v) is 10.0. The number of aliphatic hydroxyl groups excluding tert-OH is 1. The topological polar surface area (TPSA) is 29.5 Å². The molecule has 0 heterocycles. The van der Waals surface area contributed by atoms with Crippen LogP contribution in [0.3, 0.4) is 0 Å². The lowest BCUT2D eigenvalue weighted by atomic mass is 10.1. The van der Waals surface area contributed by atoms with E-state index < -0.39 is 8.32 Å². The highest BCUT2D eigenvalue weighted by Gasteiger charge is 2.49. The minimum absolute atomic E-state index is 0.0234. The highest BCUT2D eigenvalue weighted by atomic mass is 28.4. The maximum Gasteiger partial charge on any atom is 0.261 e. The summed E-state index contributed by atoms with van der Waals surface area (Å²) in [6.07, 6.45) is 6.44. The molecule has 0 spiro atoms. The summed E-state index contributed by atoms with van der Waals surface area (Å²) in [4.78, 5) is 0. The van der Waals surface area contributed by atoms with Gasteiger partial charge in [0.05, 0.1) is 12.7 Å². The van der Waals surface area contributed by atoms with Gasteiger partial charge in [0.25, 0.3) is 8.32 Å². The predicted octanol–water partition coefficient (Wildman–Crippen LogP) is 4.67. The van der Waals surface area contributed by atoms with E-state index in [0.717, 1.165) is 19.3 Å². The third kappa shape index (κ3) is 5.41. The average Bonchev–Trinajstić information content (AvgIpc) is 2.67. The fourth-order valence-corrected chi connectivity index (χ4v) is 8.16. The molecule has 0 saturated carbocycles. The molecule has 0 fully saturated rings. The van der Waals surface area contributed by atoms with Crippen molar-refractivity contribution in [3.8, 4) is 0 Å². The van der Waals surface area contributed by atoms with Gasteiger partial charge >= 0.3 is 0 Å². The van der Waals surface area contributed by atoms with Gasteiger partial charge in [0.15, 0.2) is 0 Å². The molecule has 0 aliphatic carbocycles. The molecule has 0 unspecified atom stereocenters. The Balaban J connectivity index is 2.34. The molecule has 1 N–H and O–H groups in total. The second-order valence-corrected chi connectivity index (χ2v) is 12.4. The van der Waals surface area contributed by atoms with Crippen LogP contribution in [0.2, 0.25) is 5.04 Å². The van der Waals surface area contributed by atoms with Gasteiger partial charge in [0, 0.05) is 0 Å². The van der Waals surface area contributed by atoms with E-state index >= 15 is 0 Å². The zero-order valence-electron chi connectivity index (χ0n) is 17.2. The van der Waals surface area contributed by atoms with Gasteiger partial charge in [-0.3, -0.25) is 0 Å². The molecule has 0 radical (unpaired) electrons. The fourth-order valence-electron chi connectivity index (χ4n) is 3.66. The maximum absolute atomic E-state index is 10.1. The van der Waals surface area contributed by atoms with Crippen LogP contribution in [0.4, 0.5) is 0 Å². The predicted molar refractivity (Wildman–Crippen MR) is 118 cm³/mol. The molecular weight excluding hydrogens is 348 g/mol. The van der Waals surface area contributed by atoms with Crippen molar-refractivity contribution in [3.05, 3.63) is 72.8 Å². The molecule has 0 aliphatic heterocycles. The molecule has 2 aromatic rings. The van der Waals surface area contributed by atoms with E-state index in [1.807, 2.05) is 12.2 Å². The molecule has 0 aliphatic rings. The van der Waals surface area contributed by atoms with Gasteiger partial charge in [-0.05, 0) is 21.8 Å². The van der Waals surface area contributed by atoms with E-state index in [4.69, 9.17) is 4.43 Å². The van der Waals surface area contributed by atoms with E-state index in [1.165, 1.54) is 10.4 Å². The highest BCUT2D eigenvalue weighted by Crippen LogP contribution is 2.36. The summed E-state index contributed by atoms with van der Waals surface area (Å²) < 4.78 is 6.76. The third-order valence-electron chi connectivity index (χ3n) is 5.02. The van der Waals surface area contributed by atoms with Crippen molar-refractivity contribution in [2.45, 2.75) is 58.1 Å². The van der Waals surface area contributed by atoms with Gasteiger partial charge in [0.1, 0.15) is 0 Å². The molecule has 0 saturated heterocycles. The highest BCUT2D eigenvalue weighted by molar-refractivity contribution is 6.99. The van der Waals surface area contributed by atoms with E-state index in [-0.39, 0.29) is 11.1 Å². The summed E-state index contributed by atoms with van der Waals surface area (Å²) in [5.74, 6) is 0. The Kier molecular flexibility index (Phi) is 8.02. The smallest absolute Gasteiger partial charge is 0.261 e. The molecule has 3 heteroatoms. The van der Waals surface area contributed by atoms with Crippen molar-refractivity contribution in [2.24, 2.45) is 0 Å². The quantitative estimate of drug-likeness (QED) is 0.504. The Labute approximate surface area is 166 Å². The fraction of sp³-hybridized carbons (Fsp3) is 0.417. The first-order valence-electron chi connectivity index (χ1n) is 10.0. The molecule has 0 amide bonds. The van der Waals surface area contributed by atoms with Crippen LogP contribution in [-0.4, -0.2) is 26.1 Å². The van der Waals surface area contributed by atoms with Crippen LogP contribution in [0.5, 0.6) is 0 Å². The van der Waals surface area contributed by atoms with Crippen molar-refractivity contribution in [1.29, 1.82) is 0 Å². The molecule has 146 valence electrons. The van der Waals surface area contributed by atoms with Crippen LogP contribution >= 0.6 is 0 Å². The Hall–Kier alpha value is -1.68. The summed E-state index contributed by atoms with van der Waals surface area (Å²) in [6.45, 7) is 9.48. The average molecular weight is 383 g/mol. The lowest BCUT2D eigenvalue weighted by molar-refractivity contribution is 0.208. The van der Waals surface area contributed by atoms with Crippen LogP contribution in [0.15, 0.2) is 72.8 Å². The van der Waals surface area contributed by atoms with Crippen molar-refractivity contribution < 1.29 is 9.53 Å². The minimum atomic E-state index is -2.48.